The Labute approximate surface area is 86.7 Å². The minimum Gasteiger partial charge on any atom is -0.309 e. The maximum atomic E-state index is 5.86. The van der Waals surface area contributed by atoms with E-state index < -0.39 is 5.31 Å². The predicted molar refractivity (Wildman–Crippen MR) is 51.9 cm³/mol. The van der Waals surface area contributed by atoms with Crippen LogP contribution >= 0.6 is 11.6 Å². The molecule has 3 rings (SSSR count). The zero-order valence-electron chi connectivity index (χ0n) is 7.48. The molecule has 0 unspecified atom stereocenters. The summed E-state index contributed by atoms with van der Waals surface area (Å²) in [5, 5.41) is 6.23. The first kappa shape index (κ1) is 8.38. The van der Waals surface area contributed by atoms with Gasteiger partial charge in [0.15, 0.2) is 0 Å². The molecule has 0 atom stereocenters. The van der Waals surface area contributed by atoms with Crippen molar-refractivity contribution < 1.29 is 4.74 Å². The van der Waals surface area contributed by atoms with E-state index in [1.165, 1.54) is 0 Å². The summed E-state index contributed by atoms with van der Waals surface area (Å²) in [5.74, 6) is 0. The molecule has 1 aromatic rings. The Morgan fingerprint density at radius 2 is 1.79 bits per heavy atom. The molecule has 0 radical (unpaired) electrons. The zero-order valence-corrected chi connectivity index (χ0v) is 8.24. The van der Waals surface area contributed by atoms with E-state index in [1.807, 2.05) is 18.2 Å². The Bertz CT molecular complexity index is 380. The summed E-state index contributed by atoms with van der Waals surface area (Å²) in [6.45, 7) is 0. The second kappa shape index (κ2) is 2.55. The Kier molecular flexibility index (Phi) is 1.53. The number of benzene rings is 1. The Morgan fingerprint density at radius 3 is 2.29 bits per heavy atom. The lowest BCUT2D eigenvalue weighted by Crippen LogP contribution is -2.19. The number of nitrogens with zero attached hydrogens (tertiary/aromatic N) is 2. The molecule has 1 heterocycles. The number of ether oxygens (including phenoxy) is 1. The van der Waals surface area contributed by atoms with E-state index in [0.29, 0.717) is 0 Å². The zero-order chi connectivity index (χ0) is 9.65. The van der Waals surface area contributed by atoms with Gasteiger partial charge in [0.1, 0.15) is 0 Å². The molecule has 0 N–H and O–H groups in total. The SMILES string of the molecule is ClC1(OC2(c3ccccc3)CC2)N=N1. The van der Waals surface area contributed by atoms with Crippen LogP contribution < -0.4 is 0 Å². The average molecular weight is 209 g/mol. The third kappa shape index (κ3) is 1.33. The smallest absolute Gasteiger partial charge is 0.309 e. The highest BCUT2D eigenvalue weighted by molar-refractivity contribution is 6.23. The number of alkyl halides is 1. The summed E-state index contributed by atoms with van der Waals surface area (Å²) in [4.78, 5) is 0. The maximum absolute atomic E-state index is 5.86. The van der Waals surface area contributed by atoms with E-state index in [-0.39, 0.29) is 5.60 Å². The number of halogens is 1. The van der Waals surface area contributed by atoms with Crippen LogP contribution in [0.3, 0.4) is 0 Å². The topological polar surface area (TPSA) is 34.0 Å². The van der Waals surface area contributed by atoms with Crippen molar-refractivity contribution >= 4 is 11.6 Å². The molecule has 1 saturated carbocycles. The highest BCUT2D eigenvalue weighted by atomic mass is 35.5. The van der Waals surface area contributed by atoms with E-state index in [4.69, 9.17) is 16.3 Å². The molecule has 2 aliphatic rings. The second-order valence-electron chi connectivity index (χ2n) is 3.69. The lowest BCUT2D eigenvalue weighted by atomic mass is 10.1. The Balaban J connectivity index is 1.84. The van der Waals surface area contributed by atoms with Crippen LogP contribution in [0.15, 0.2) is 40.6 Å². The molecule has 0 aromatic heterocycles. The molecule has 0 bridgehead atoms. The Hall–Kier alpha value is -0.930. The molecule has 1 fully saturated rings. The fourth-order valence-corrected chi connectivity index (χ4v) is 1.82. The monoisotopic (exact) mass is 208 g/mol. The van der Waals surface area contributed by atoms with Crippen LogP contribution in [0.5, 0.6) is 0 Å². The van der Waals surface area contributed by atoms with E-state index in [1.54, 1.807) is 0 Å². The first-order valence-corrected chi connectivity index (χ1v) is 4.99. The van der Waals surface area contributed by atoms with Crippen molar-refractivity contribution in [2.45, 2.75) is 23.8 Å². The minimum atomic E-state index is -1.08. The summed E-state index contributed by atoms with van der Waals surface area (Å²) in [6.07, 6.45) is 1.99. The summed E-state index contributed by atoms with van der Waals surface area (Å²) in [6, 6.07) is 10.1. The molecule has 4 heteroatoms. The molecule has 3 nitrogen and oxygen atoms in total. The van der Waals surface area contributed by atoms with Gasteiger partial charge in [-0.25, -0.2) is 0 Å². The molecular weight excluding hydrogens is 200 g/mol. The molecule has 0 saturated heterocycles. The fraction of sp³-hybridized carbons (Fsp3) is 0.400. The van der Waals surface area contributed by atoms with Gasteiger partial charge in [-0.2, -0.15) is 0 Å². The summed E-state index contributed by atoms with van der Waals surface area (Å²) in [7, 11) is 0. The van der Waals surface area contributed by atoms with E-state index in [9.17, 15) is 0 Å². The number of rotatable bonds is 3. The quantitative estimate of drug-likeness (QED) is 0.555. The van der Waals surface area contributed by atoms with Crippen LogP contribution in [0.4, 0.5) is 0 Å². The molecule has 1 aliphatic carbocycles. The standard InChI is InChI=1S/C10H9ClN2O/c11-10(12-13-10)14-9(6-7-9)8-4-2-1-3-5-8/h1-5H,6-7H2. The van der Waals surface area contributed by atoms with Gasteiger partial charge in [-0.1, -0.05) is 30.3 Å². The number of hydrogen-bond donors (Lipinski definition) is 0. The van der Waals surface area contributed by atoms with Crippen molar-refractivity contribution in [2.24, 2.45) is 10.2 Å². The number of hydrogen-bond acceptors (Lipinski definition) is 3. The maximum Gasteiger partial charge on any atom is 0.375 e. The minimum absolute atomic E-state index is 0.230. The molecule has 0 amide bonds. The normalized spacial score (nSPS) is 24.6. The molecule has 14 heavy (non-hydrogen) atoms. The van der Waals surface area contributed by atoms with Crippen LogP contribution in [0.2, 0.25) is 0 Å². The molecule has 1 aliphatic heterocycles. The van der Waals surface area contributed by atoms with Gasteiger partial charge in [0.2, 0.25) is 0 Å². The van der Waals surface area contributed by atoms with E-state index >= 15 is 0 Å². The van der Waals surface area contributed by atoms with Gasteiger partial charge in [-0.05, 0) is 30.0 Å². The van der Waals surface area contributed by atoms with Gasteiger partial charge in [0, 0.05) is 0 Å². The summed E-state index contributed by atoms with van der Waals surface area (Å²) >= 11 is 5.86. The molecule has 72 valence electrons. The van der Waals surface area contributed by atoms with Gasteiger partial charge in [-0.3, -0.25) is 0 Å². The molecule has 0 spiro atoms. The van der Waals surface area contributed by atoms with E-state index in [0.717, 1.165) is 18.4 Å². The van der Waals surface area contributed by atoms with Gasteiger partial charge in [0.25, 0.3) is 0 Å². The summed E-state index contributed by atoms with van der Waals surface area (Å²) in [5.41, 5.74) is 0.935. The lowest BCUT2D eigenvalue weighted by Gasteiger charge is -2.17. The van der Waals surface area contributed by atoms with Gasteiger partial charge in [0.05, 0.1) is 5.60 Å². The lowest BCUT2D eigenvalue weighted by molar-refractivity contribution is -0.0159. The highest BCUT2D eigenvalue weighted by Crippen LogP contribution is 2.55. The molecule has 1 aromatic carbocycles. The van der Waals surface area contributed by atoms with Crippen molar-refractivity contribution in [1.29, 1.82) is 0 Å². The highest BCUT2D eigenvalue weighted by Gasteiger charge is 2.55. The average Bonchev–Trinajstić information content (AvgIpc) is 3.10. The van der Waals surface area contributed by atoms with Crippen LogP contribution in [0.1, 0.15) is 18.4 Å². The van der Waals surface area contributed by atoms with E-state index in [2.05, 4.69) is 22.4 Å². The van der Waals surface area contributed by atoms with Crippen molar-refractivity contribution in [3.05, 3.63) is 35.9 Å². The third-order valence-corrected chi connectivity index (χ3v) is 2.81. The van der Waals surface area contributed by atoms with Crippen LogP contribution in [0, 0.1) is 0 Å². The van der Waals surface area contributed by atoms with Crippen LogP contribution in [0.25, 0.3) is 0 Å². The van der Waals surface area contributed by atoms with Crippen molar-refractivity contribution in [3.8, 4) is 0 Å². The summed E-state index contributed by atoms with van der Waals surface area (Å²) < 4.78 is 5.67. The molecular formula is C10H9ClN2O. The third-order valence-electron chi connectivity index (χ3n) is 2.59. The van der Waals surface area contributed by atoms with Crippen LogP contribution in [-0.4, -0.2) is 5.31 Å². The second-order valence-corrected chi connectivity index (χ2v) is 4.18. The van der Waals surface area contributed by atoms with Crippen molar-refractivity contribution in [3.63, 3.8) is 0 Å². The van der Waals surface area contributed by atoms with Gasteiger partial charge in [-0.15, -0.1) is 10.2 Å². The van der Waals surface area contributed by atoms with Gasteiger partial charge >= 0.3 is 5.31 Å². The largest absolute Gasteiger partial charge is 0.375 e. The van der Waals surface area contributed by atoms with Crippen LogP contribution in [-0.2, 0) is 10.3 Å². The first-order chi connectivity index (χ1) is 6.73. The van der Waals surface area contributed by atoms with Crippen molar-refractivity contribution in [1.82, 2.24) is 0 Å². The Morgan fingerprint density at radius 1 is 1.14 bits per heavy atom. The van der Waals surface area contributed by atoms with Crippen molar-refractivity contribution in [2.75, 3.05) is 0 Å². The fourth-order valence-electron chi connectivity index (χ4n) is 1.63. The van der Waals surface area contributed by atoms with Gasteiger partial charge < -0.3 is 4.74 Å². The predicted octanol–water partition coefficient (Wildman–Crippen LogP) is 3.01. The first-order valence-electron chi connectivity index (χ1n) is 4.61.